The Morgan fingerprint density at radius 1 is 1.33 bits per heavy atom. The molecular formula is C19H20N2O3. The average Bonchev–Trinajstić information content (AvgIpc) is 2.60. The lowest BCUT2D eigenvalue weighted by Crippen LogP contribution is -2.09. The van der Waals surface area contributed by atoms with Gasteiger partial charge in [0.1, 0.15) is 6.61 Å². The van der Waals surface area contributed by atoms with Crippen molar-refractivity contribution in [3.05, 3.63) is 66.5 Å². The molecule has 2 aromatic rings. The fourth-order valence-electron chi connectivity index (χ4n) is 2.00. The van der Waals surface area contributed by atoms with Crippen molar-refractivity contribution in [3.8, 4) is 11.5 Å². The van der Waals surface area contributed by atoms with E-state index in [0.717, 1.165) is 11.1 Å². The number of carbonyl (C=O) groups is 1. The number of aromatic nitrogens is 1. The van der Waals surface area contributed by atoms with Crippen LogP contribution in [0.1, 0.15) is 11.1 Å². The summed E-state index contributed by atoms with van der Waals surface area (Å²) in [7, 11) is 1.57. The van der Waals surface area contributed by atoms with Crippen molar-refractivity contribution in [2.24, 2.45) is 0 Å². The second-order valence-corrected chi connectivity index (χ2v) is 5.02. The summed E-state index contributed by atoms with van der Waals surface area (Å²) in [5.41, 5.74) is 2.48. The third-order valence-electron chi connectivity index (χ3n) is 3.27. The predicted molar refractivity (Wildman–Crippen MR) is 95.3 cm³/mol. The molecule has 0 saturated heterocycles. The maximum absolute atomic E-state index is 12.0. The molecule has 0 aliphatic rings. The summed E-state index contributed by atoms with van der Waals surface area (Å²) in [5, 5.41) is 2.79. The summed E-state index contributed by atoms with van der Waals surface area (Å²) in [6.07, 6.45) is 8.14. The minimum absolute atomic E-state index is 0.225. The molecule has 0 aliphatic carbocycles. The first-order valence-corrected chi connectivity index (χ1v) is 7.45. The maximum Gasteiger partial charge on any atom is 0.248 e. The maximum atomic E-state index is 12.0. The zero-order valence-corrected chi connectivity index (χ0v) is 13.8. The third kappa shape index (κ3) is 4.71. The van der Waals surface area contributed by atoms with Crippen molar-refractivity contribution in [1.29, 1.82) is 0 Å². The predicted octanol–water partition coefficient (Wildman–Crippen LogP) is 3.62. The van der Waals surface area contributed by atoms with Crippen LogP contribution < -0.4 is 14.8 Å². The van der Waals surface area contributed by atoms with E-state index in [1.54, 1.807) is 43.8 Å². The normalized spacial score (nSPS) is 10.4. The van der Waals surface area contributed by atoms with Gasteiger partial charge >= 0.3 is 0 Å². The van der Waals surface area contributed by atoms with Crippen LogP contribution in [-0.2, 0) is 4.79 Å². The average molecular weight is 324 g/mol. The first-order chi connectivity index (χ1) is 11.6. The molecule has 0 bridgehead atoms. The number of nitrogens with zero attached hydrogens (tertiary/aromatic N) is 1. The Balaban J connectivity index is 2.06. The molecule has 1 heterocycles. The number of benzene rings is 1. The van der Waals surface area contributed by atoms with Crippen LogP contribution in [0.25, 0.3) is 6.08 Å². The van der Waals surface area contributed by atoms with Gasteiger partial charge in [-0.3, -0.25) is 9.78 Å². The standard InChI is InChI=1S/C19H20N2O3/c1-4-11-24-17-7-5-15(12-18(17)23-3)6-8-19(22)21-16-13-20-10-9-14(16)2/h4-10,12-13H,1,11H2,2-3H3,(H,21,22)/b8-6+. The van der Waals surface area contributed by atoms with Crippen LogP contribution in [0.3, 0.4) is 0 Å². The second kappa shape index (κ2) is 8.53. The van der Waals surface area contributed by atoms with Gasteiger partial charge in [0.05, 0.1) is 19.0 Å². The number of hydrogen-bond acceptors (Lipinski definition) is 4. The van der Waals surface area contributed by atoms with Gasteiger partial charge in [-0.25, -0.2) is 0 Å². The van der Waals surface area contributed by atoms with Gasteiger partial charge in [0, 0.05) is 12.3 Å². The first kappa shape index (κ1) is 17.3. The highest BCUT2D eigenvalue weighted by atomic mass is 16.5. The SMILES string of the molecule is C=CCOc1ccc(/C=C/C(=O)Nc2cnccc2C)cc1OC. The summed E-state index contributed by atoms with van der Waals surface area (Å²) in [4.78, 5) is 16.0. The molecular weight excluding hydrogens is 304 g/mol. The Kier molecular flexibility index (Phi) is 6.14. The second-order valence-electron chi connectivity index (χ2n) is 5.02. The quantitative estimate of drug-likeness (QED) is 0.624. The van der Waals surface area contributed by atoms with Gasteiger partial charge in [0.25, 0.3) is 0 Å². The lowest BCUT2D eigenvalue weighted by molar-refractivity contribution is -0.111. The van der Waals surface area contributed by atoms with E-state index in [1.807, 2.05) is 19.1 Å². The summed E-state index contributed by atoms with van der Waals surface area (Å²) in [5.74, 6) is 1.00. The van der Waals surface area contributed by atoms with Gasteiger partial charge in [-0.1, -0.05) is 18.7 Å². The molecule has 24 heavy (non-hydrogen) atoms. The number of rotatable bonds is 7. The molecule has 124 valence electrons. The van der Waals surface area contributed by atoms with Crippen LogP contribution in [0.5, 0.6) is 11.5 Å². The lowest BCUT2D eigenvalue weighted by Gasteiger charge is -2.09. The van der Waals surface area contributed by atoms with E-state index in [-0.39, 0.29) is 5.91 Å². The number of anilines is 1. The summed E-state index contributed by atoms with van der Waals surface area (Å²) < 4.78 is 10.8. The Morgan fingerprint density at radius 3 is 2.88 bits per heavy atom. The molecule has 0 radical (unpaired) electrons. The minimum Gasteiger partial charge on any atom is -0.493 e. The number of carbonyl (C=O) groups excluding carboxylic acids is 1. The topological polar surface area (TPSA) is 60.5 Å². The molecule has 1 amide bonds. The highest BCUT2D eigenvalue weighted by Crippen LogP contribution is 2.28. The molecule has 1 aromatic carbocycles. The molecule has 0 atom stereocenters. The Morgan fingerprint density at radius 2 is 2.17 bits per heavy atom. The highest BCUT2D eigenvalue weighted by molar-refractivity contribution is 6.02. The zero-order valence-electron chi connectivity index (χ0n) is 13.8. The number of amides is 1. The molecule has 2 rings (SSSR count). The molecule has 0 saturated carbocycles. The van der Waals surface area contributed by atoms with Crippen molar-refractivity contribution in [2.45, 2.75) is 6.92 Å². The molecule has 5 nitrogen and oxygen atoms in total. The van der Waals surface area contributed by atoms with Gasteiger partial charge in [-0.2, -0.15) is 0 Å². The number of aryl methyl sites for hydroxylation is 1. The molecule has 0 spiro atoms. The van der Waals surface area contributed by atoms with Crippen LogP contribution in [0.15, 0.2) is 55.4 Å². The highest BCUT2D eigenvalue weighted by Gasteiger charge is 2.05. The van der Waals surface area contributed by atoms with Crippen LogP contribution in [-0.4, -0.2) is 24.6 Å². The van der Waals surface area contributed by atoms with E-state index < -0.39 is 0 Å². The molecule has 1 N–H and O–H groups in total. The first-order valence-electron chi connectivity index (χ1n) is 7.45. The lowest BCUT2D eigenvalue weighted by atomic mass is 10.2. The van der Waals surface area contributed by atoms with Crippen LogP contribution >= 0.6 is 0 Å². The molecule has 0 aliphatic heterocycles. The minimum atomic E-state index is -0.225. The van der Waals surface area contributed by atoms with Crippen LogP contribution in [0.2, 0.25) is 0 Å². The molecule has 0 unspecified atom stereocenters. The fraction of sp³-hybridized carbons (Fsp3) is 0.158. The van der Waals surface area contributed by atoms with Crippen LogP contribution in [0, 0.1) is 6.92 Å². The Bertz CT molecular complexity index is 754. The molecule has 0 fully saturated rings. The summed E-state index contributed by atoms with van der Waals surface area (Å²) in [6, 6.07) is 7.29. The summed E-state index contributed by atoms with van der Waals surface area (Å²) >= 11 is 0. The monoisotopic (exact) mass is 324 g/mol. The number of hydrogen-bond donors (Lipinski definition) is 1. The van der Waals surface area contributed by atoms with Crippen molar-refractivity contribution in [3.63, 3.8) is 0 Å². The van der Waals surface area contributed by atoms with Crippen molar-refractivity contribution < 1.29 is 14.3 Å². The number of ether oxygens (including phenoxy) is 2. The Hall–Kier alpha value is -3.08. The van der Waals surface area contributed by atoms with Gasteiger partial charge in [0.15, 0.2) is 11.5 Å². The van der Waals surface area contributed by atoms with Crippen LogP contribution in [0.4, 0.5) is 5.69 Å². The zero-order chi connectivity index (χ0) is 17.4. The number of nitrogens with one attached hydrogen (secondary N) is 1. The summed E-state index contributed by atoms with van der Waals surface area (Å²) in [6.45, 7) is 5.92. The van der Waals surface area contributed by atoms with E-state index in [2.05, 4.69) is 16.9 Å². The van der Waals surface area contributed by atoms with Gasteiger partial charge in [0.2, 0.25) is 5.91 Å². The van der Waals surface area contributed by atoms with E-state index in [0.29, 0.717) is 23.8 Å². The smallest absolute Gasteiger partial charge is 0.248 e. The molecule has 1 aromatic heterocycles. The number of pyridine rings is 1. The van der Waals surface area contributed by atoms with Crippen molar-refractivity contribution in [1.82, 2.24) is 4.98 Å². The number of methoxy groups -OCH3 is 1. The van der Waals surface area contributed by atoms with E-state index in [1.165, 1.54) is 6.08 Å². The van der Waals surface area contributed by atoms with E-state index in [4.69, 9.17) is 9.47 Å². The fourth-order valence-corrected chi connectivity index (χ4v) is 2.00. The van der Waals surface area contributed by atoms with Gasteiger partial charge < -0.3 is 14.8 Å². The largest absolute Gasteiger partial charge is 0.493 e. The van der Waals surface area contributed by atoms with Crippen molar-refractivity contribution >= 4 is 17.7 Å². The van der Waals surface area contributed by atoms with Gasteiger partial charge in [-0.15, -0.1) is 0 Å². The van der Waals surface area contributed by atoms with E-state index in [9.17, 15) is 4.79 Å². The Labute approximate surface area is 141 Å². The van der Waals surface area contributed by atoms with E-state index >= 15 is 0 Å². The molecule has 5 heteroatoms. The van der Waals surface area contributed by atoms with Gasteiger partial charge in [-0.05, 0) is 42.3 Å². The van der Waals surface area contributed by atoms with Crippen molar-refractivity contribution in [2.75, 3.05) is 19.0 Å². The third-order valence-corrected chi connectivity index (χ3v) is 3.27.